The van der Waals surface area contributed by atoms with E-state index in [0.29, 0.717) is 0 Å². The van der Waals surface area contributed by atoms with Gasteiger partial charge in [0.25, 0.3) is 0 Å². The first kappa shape index (κ1) is 11.0. The molecule has 0 bridgehead atoms. The van der Waals surface area contributed by atoms with Gasteiger partial charge in [0.1, 0.15) is 0 Å². The van der Waals surface area contributed by atoms with E-state index in [0.717, 1.165) is 11.0 Å². The summed E-state index contributed by atoms with van der Waals surface area (Å²) in [6, 6.07) is 15.4. The fourth-order valence-corrected chi connectivity index (χ4v) is 3.28. The van der Waals surface area contributed by atoms with Crippen molar-refractivity contribution in [3.63, 3.8) is 0 Å². The van der Waals surface area contributed by atoms with E-state index in [4.69, 9.17) is 4.98 Å². The third-order valence-corrected chi connectivity index (χ3v) is 5.05. The van der Waals surface area contributed by atoms with Gasteiger partial charge in [-0.1, -0.05) is 0 Å². The van der Waals surface area contributed by atoms with Crippen LogP contribution in [0.5, 0.6) is 0 Å². The Morgan fingerprint density at radius 2 is 1.59 bits per heavy atom. The number of hydrogen-bond donors (Lipinski definition) is 0. The molecule has 3 aromatic rings. The fraction of sp³-hybridized carbons (Fsp3) is 0.133. The van der Waals surface area contributed by atoms with Gasteiger partial charge >= 0.3 is 111 Å². The number of benzene rings is 2. The van der Waals surface area contributed by atoms with Gasteiger partial charge in [0, 0.05) is 0 Å². The number of rotatable bonds is 1. The van der Waals surface area contributed by atoms with Crippen LogP contribution in [0.25, 0.3) is 21.8 Å². The second-order valence-corrected chi connectivity index (χ2v) is 6.75. The van der Waals surface area contributed by atoms with Crippen molar-refractivity contribution in [1.82, 2.24) is 4.98 Å². The van der Waals surface area contributed by atoms with Crippen LogP contribution >= 0.6 is 0 Å². The van der Waals surface area contributed by atoms with Crippen molar-refractivity contribution in [2.45, 2.75) is 11.9 Å². The maximum absolute atomic E-state index is 4.77. The number of pyridine rings is 1. The maximum atomic E-state index is 4.77. The summed E-state index contributed by atoms with van der Waals surface area (Å²) in [4.78, 5) is 7.07. The van der Waals surface area contributed by atoms with Crippen molar-refractivity contribution < 1.29 is 0 Å². The quantitative estimate of drug-likeness (QED) is 0.493. The molecule has 17 heavy (non-hydrogen) atoms. The Morgan fingerprint density at radius 1 is 0.882 bits per heavy atom. The van der Waals surface area contributed by atoms with E-state index in [-0.39, 0.29) is 20.9 Å². The van der Waals surface area contributed by atoms with E-state index in [1.165, 1.54) is 19.9 Å². The zero-order chi connectivity index (χ0) is 11.8. The summed E-state index contributed by atoms with van der Waals surface area (Å²) < 4.78 is 1.47. The molecule has 1 heterocycles. The molecule has 1 aromatic heterocycles. The van der Waals surface area contributed by atoms with E-state index >= 15 is 0 Å². The molecular weight excluding hydrogens is 319 g/mol. The van der Waals surface area contributed by atoms with Crippen molar-refractivity contribution >= 4 is 46.3 Å². The molecule has 0 N–H and O–H groups in total. The van der Waals surface area contributed by atoms with E-state index in [2.05, 4.69) is 54.4 Å². The topological polar surface area (TPSA) is 12.9 Å². The number of aryl methyl sites for hydroxylation is 1. The van der Waals surface area contributed by atoms with Crippen LogP contribution in [0, 0.1) is 6.92 Å². The van der Waals surface area contributed by atoms with E-state index in [1.807, 2.05) is 0 Å². The number of fused-ring (bicyclic) bond motifs is 2. The van der Waals surface area contributed by atoms with E-state index in [1.54, 1.807) is 0 Å². The van der Waals surface area contributed by atoms with Gasteiger partial charge in [-0.05, 0) is 0 Å². The first-order valence-corrected chi connectivity index (χ1v) is 9.11. The summed E-state index contributed by atoms with van der Waals surface area (Å²) in [5.74, 6) is 0. The van der Waals surface area contributed by atoms with Crippen LogP contribution in [0.4, 0.5) is 0 Å². The van der Waals surface area contributed by atoms with Crippen LogP contribution < -0.4 is 3.61 Å². The minimum absolute atomic E-state index is 0.0224. The molecule has 0 saturated carbocycles. The van der Waals surface area contributed by atoms with Gasteiger partial charge in [-0.2, -0.15) is 0 Å². The van der Waals surface area contributed by atoms with Crippen molar-refractivity contribution in [3.05, 3.63) is 48.0 Å². The second-order valence-electron chi connectivity index (χ2n) is 4.24. The van der Waals surface area contributed by atoms with Gasteiger partial charge in [-0.15, -0.1) is 0 Å². The molecule has 2 aromatic carbocycles. The molecule has 1 nitrogen and oxygen atoms in total. The Morgan fingerprint density at radius 3 is 2.35 bits per heavy atom. The Bertz CT molecular complexity index is 704. The second kappa shape index (κ2) is 4.29. The standard InChI is InChI=1S/C15H13NTe/c1-10-3-4-11-8-12-5-6-13(17-2)9-15(12)16-14(11)7-10/h3-9H,1-2H3/i17-3. The Balaban J connectivity index is 2.36. The molecular formula is C15H13NTe. The number of hydrogen-bond acceptors (Lipinski definition) is 1. The molecule has 0 fully saturated rings. The molecule has 84 valence electrons. The summed E-state index contributed by atoms with van der Waals surface area (Å²) in [6.07, 6.45) is 0. The van der Waals surface area contributed by atoms with Gasteiger partial charge in [0.2, 0.25) is 0 Å². The molecule has 0 unspecified atom stereocenters. The fourth-order valence-electron chi connectivity index (χ4n) is 2.04. The van der Waals surface area contributed by atoms with Gasteiger partial charge < -0.3 is 0 Å². The Hall–Kier alpha value is -1.10. The van der Waals surface area contributed by atoms with Crippen molar-refractivity contribution in [1.29, 1.82) is 0 Å². The molecule has 0 aliphatic rings. The molecule has 2 heteroatoms. The third kappa shape index (κ3) is 2.04. The third-order valence-electron chi connectivity index (χ3n) is 2.98. The van der Waals surface area contributed by atoms with Gasteiger partial charge in [-0.25, -0.2) is 0 Å². The normalized spacial score (nSPS) is 11.2. The van der Waals surface area contributed by atoms with Gasteiger partial charge in [0.05, 0.1) is 0 Å². The summed E-state index contributed by atoms with van der Waals surface area (Å²) in [7, 11) is 0. The predicted molar refractivity (Wildman–Crippen MR) is 75.2 cm³/mol. The van der Waals surface area contributed by atoms with Crippen LogP contribution in [-0.4, -0.2) is 25.9 Å². The van der Waals surface area contributed by atoms with Crippen molar-refractivity contribution in [2.24, 2.45) is 0 Å². The van der Waals surface area contributed by atoms with Crippen LogP contribution in [-0.2, 0) is 0 Å². The van der Waals surface area contributed by atoms with Crippen molar-refractivity contribution in [3.8, 4) is 0 Å². The SMILES string of the molecule is C[125Te]c1ccc2cc3ccc(C)cc3nc2c1. The first-order chi connectivity index (χ1) is 8.26. The van der Waals surface area contributed by atoms with Crippen LogP contribution in [0.3, 0.4) is 0 Å². The molecule has 0 amide bonds. The monoisotopic (exact) mass is 332 g/mol. The molecule has 0 aliphatic heterocycles. The van der Waals surface area contributed by atoms with E-state index < -0.39 is 0 Å². The molecule has 0 saturated heterocycles. The Kier molecular flexibility index (Phi) is 2.78. The zero-order valence-corrected chi connectivity index (χ0v) is 12.2. The molecule has 0 spiro atoms. The molecule has 0 radical (unpaired) electrons. The van der Waals surface area contributed by atoms with E-state index in [9.17, 15) is 0 Å². The van der Waals surface area contributed by atoms with Crippen molar-refractivity contribution in [2.75, 3.05) is 0 Å². The molecule has 0 aliphatic carbocycles. The predicted octanol–water partition coefficient (Wildman–Crippen LogP) is 3.07. The Labute approximate surface area is 111 Å². The van der Waals surface area contributed by atoms with Crippen LogP contribution in [0.15, 0.2) is 42.5 Å². The summed E-state index contributed by atoms with van der Waals surface area (Å²) in [5, 5.41) is 2.47. The average molecular weight is 332 g/mol. The first-order valence-electron chi connectivity index (χ1n) is 5.61. The number of nitrogens with zero attached hydrogens (tertiary/aromatic N) is 1. The van der Waals surface area contributed by atoms with Gasteiger partial charge in [0.15, 0.2) is 0 Å². The minimum atomic E-state index is -0.0224. The van der Waals surface area contributed by atoms with Gasteiger partial charge in [-0.3, -0.25) is 0 Å². The van der Waals surface area contributed by atoms with Crippen LogP contribution in [0.1, 0.15) is 5.56 Å². The summed E-state index contributed by atoms with van der Waals surface area (Å²) >= 11 is -0.0224. The van der Waals surface area contributed by atoms with Crippen LogP contribution in [0.2, 0.25) is 4.97 Å². The summed E-state index contributed by atoms with van der Waals surface area (Å²) in [5.41, 5.74) is 3.50. The average Bonchev–Trinajstić information content (AvgIpc) is 2.35. The molecule has 3 rings (SSSR count). The number of aromatic nitrogens is 1. The molecule has 0 atom stereocenters. The zero-order valence-electron chi connectivity index (χ0n) is 9.90. The summed E-state index contributed by atoms with van der Waals surface area (Å²) in [6.45, 7) is 2.11.